The number of thiophene rings is 1. The molecule has 0 unspecified atom stereocenters. The zero-order chi connectivity index (χ0) is 16.7. The van der Waals surface area contributed by atoms with Gasteiger partial charge in [0.25, 0.3) is 0 Å². The number of hydrogen-bond acceptors (Lipinski definition) is 2. The molecule has 2 aromatic rings. The molecule has 0 aliphatic carbocycles. The van der Waals surface area contributed by atoms with E-state index in [4.69, 9.17) is 5.73 Å². The summed E-state index contributed by atoms with van der Waals surface area (Å²) in [6.07, 6.45) is -10.3. The Hall–Kier alpha value is -1.32. The number of nitrogens with two attached hydrogens (primary N) is 1. The zero-order valence-corrected chi connectivity index (χ0v) is 12.6. The minimum absolute atomic E-state index is 0. The molecule has 0 bridgehead atoms. The first kappa shape index (κ1) is 19.7. The molecule has 0 fully saturated rings. The van der Waals surface area contributed by atoms with Crippen molar-refractivity contribution in [3.63, 3.8) is 0 Å². The van der Waals surface area contributed by atoms with Gasteiger partial charge in [-0.3, -0.25) is 0 Å². The van der Waals surface area contributed by atoms with Crippen molar-refractivity contribution < 1.29 is 30.7 Å². The number of hydrogen-bond donors (Lipinski definition) is 1. The van der Waals surface area contributed by atoms with E-state index >= 15 is 0 Å². The van der Waals surface area contributed by atoms with Crippen LogP contribution in [0, 0.1) is 5.82 Å². The van der Waals surface area contributed by atoms with Crippen LogP contribution in [0.25, 0.3) is 0 Å². The fourth-order valence-corrected chi connectivity index (χ4v) is 2.68. The molecule has 0 aliphatic rings. The summed E-state index contributed by atoms with van der Waals surface area (Å²) >= 11 is 0.982. The average molecular weight is 380 g/mol. The quantitative estimate of drug-likeness (QED) is 0.695. The van der Waals surface area contributed by atoms with Crippen LogP contribution in [0.4, 0.5) is 30.7 Å². The predicted octanol–water partition coefficient (Wildman–Crippen LogP) is 5.39. The normalized spacial score (nSPS) is 13.6. The molecule has 2 rings (SSSR count). The number of alkyl halides is 6. The summed E-state index contributed by atoms with van der Waals surface area (Å²) in [6.45, 7) is 0. The zero-order valence-electron chi connectivity index (χ0n) is 11.0. The van der Waals surface area contributed by atoms with Gasteiger partial charge in [0.1, 0.15) is 5.82 Å². The van der Waals surface area contributed by atoms with Gasteiger partial charge in [-0.05, 0) is 23.6 Å². The number of rotatable bonds is 2. The second-order valence-electron chi connectivity index (χ2n) is 4.41. The molecule has 23 heavy (non-hydrogen) atoms. The lowest BCUT2D eigenvalue weighted by Gasteiger charge is -2.20. The molecule has 0 saturated carbocycles. The first-order chi connectivity index (χ1) is 10.0. The van der Waals surface area contributed by atoms with Gasteiger partial charge in [-0.2, -0.15) is 26.3 Å². The summed E-state index contributed by atoms with van der Waals surface area (Å²) in [5.74, 6) is -1.64. The summed E-state index contributed by atoms with van der Waals surface area (Å²) in [5.41, 5.74) is 1.18. The molecule has 0 saturated heterocycles. The van der Waals surface area contributed by atoms with E-state index in [0.717, 1.165) is 11.3 Å². The summed E-state index contributed by atoms with van der Waals surface area (Å²) in [7, 11) is 0. The van der Waals surface area contributed by atoms with Gasteiger partial charge in [0, 0.05) is 10.4 Å². The molecule has 0 amide bonds. The van der Waals surface area contributed by atoms with Gasteiger partial charge in [0.15, 0.2) is 0 Å². The van der Waals surface area contributed by atoms with Crippen molar-refractivity contribution in [1.82, 2.24) is 0 Å². The summed E-state index contributed by atoms with van der Waals surface area (Å²) < 4.78 is 90.7. The van der Waals surface area contributed by atoms with Crippen molar-refractivity contribution >= 4 is 23.7 Å². The third-order valence-corrected chi connectivity index (χ3v) is 3.88. The highest BCUT2D eigenvalue weighted by Crippen LogP contribution is 2.41. The van der Waals surface area contributed by atoms with Gasteiger partial charge in [0.2, 0.25) is 0 Å². The lowest BCUT2D eigenvalue weighted by molar-refractivity contribution is -0.143. The molecule has 2 N–H and O–H groups in total. The highest BCUT2D eigenvalue weighted by atomic mass is 35.5. The van der Waals surface area contributed by atoms with E-state index in [0.29, 0.717) is 0 Å². The van der Waals surface area contributed by atoms with Crippen LogP contribution in [0.2, 0.25) is 0 Å². The van der Waals surface area contributed by atoms with Crippen LogP contribution in [-0.4, -0.2) is 0 Å². The van der Waals surface area contributed by atoms with Gasteiger partial charge in [-0.15, -0.1) is 23.7 Å². The molecule has 1 aromatic heterocycles. The molecule has 128 valence electrons. The van der Waals surface area contributed by atoms with Gasteiger partial charge in [0.05, 0.1) is 17.2 Å². The first-order valence-electron chi connectivity index (χ1n) is 5.78. The van der Waals surface area contributed by atoms with Crippen LogP contribution in [0.3, 0.4) is 0 Å². The summed E-state index contributed by atoms with van der Waals surface area (Å²) in [5, 5.41) is 1.52. The van der Waals surface area contributed by atoms with Crippen molar-refractivity contribution in [3.8, 4) is 0 Å². The van der Waals surface area contributed by atoms with Crippen molar-refractivity contribution in [1.29, 1.82) is 0 Å². The van der Waals surface area contributed by atoms with E-state index in [1.165, 1.54) is 17.5 Å². The van der Waals surface area contributed by atoms with Crippen molar-refractivity contribution in [2.75, 3.05) is 0 Å². The SMILES string of the molecule is Cl.N[C@H](c1cccs1)c1c(F)cc(C(F)(F)F)cc1C(F)(F)F. The summed E-state index contributed by atoms with van der Waals surface area (Å²) in [6, 6.07) is 1.28. The minimum atomic E-state index is -5.16. The molecule has 10 heteroatoms. The highest BCUT2D eigenvalue weighted by Gasteiger charge is 2.41. The molecule has 1 heterocycles. The Balaban J connectivity index is 0.00000264. The lowest BCUT2D eigenvalue weighted by Crippen LogP contribution is -2.21. The minimum Gasteiger partial charge on any atom is -0.320 e. The van der Waals surface area contributed by atoms with E-state index in [1.54, 1.807) is 0 Å². The second-order valence-corrected chi connectivity index (χ2v) is 5.39. The Morgan fingerprint density at radius 3 is 2.04 bits per heavy atom. The molecule has 0 spiro atoms. The molecule has 1 aromatic carbocycles. The monoisotopic (exact) mass is 379 g/mol. The number of benzene rings is 1. The van der Waals surface area contributed by atoms with Gasteiger partial charge < -0.3 is 5.73 Å². The maximum atomic E-state index is 13.9. The fraction of sp³-hybridized carbons (Fsp3) is 0.231. The highest BCUT2D eigenvalue weighted by molar-refractivity contribution is 7.10. The van der Waals surface area contributed by atoms with Crippen molar-refractivity contribution in [2.45, 2.75) is 18.4 Å². The Morgan fingerprint density at radius 2 is 1.61 bits per heavy atom. The fourth-order valence-electron chi connectivity index (χ4n) is 1.94. The topological polar surface area (TPSA) is 26.0 Å². The van der Waals surface area contributed by atoms with Gasteiger partial charge in [-0.25, -0.2) is 4.39 Å². The van der Waals surface area contributed by atoms with Crippen LogP contribution in [0.15, 0.2) is 29.6 Å². The van der Waals surface area contributed by atoms with Gasteiger partial charge in [-0.1, -0.05) is 6.07 Å². The Bertz CT molecular complexity index is 664. The van der Waals surface area contributed by atoms with Crippen LogP contribution in [0.5, 0.6) is 0 Å². The second kappa shape index (κ2) is 6.66. The maximum Gasteiger partial charge on any atom is 0.416 e. The van der Waals surface area contributed by atoms with E-state index in [2.05, 4.69) is 0 Å². The smallest absolute Gasteiger partial charge is 0.320 e. The lowest BCUT2D eigenvalue weighted by atomic mass is 9.96. The van der Waals surface area contributed by atoms with E-state index in [-0.39, 0.29) is 29.4 Å². The predicted molar refractivity (Wildman–Crippen MR) is 74.0 cm³/mol. The molecule has 0 radical (unpaired) electrons. The standard InChI is InChI=1S/C13H8F7NS.ClH/c14-8-5-6(12(15,16)17)4-7(13(18,19)20)10(8)11(21)9-2-1-3-22-9;/h1-5,11H,21H2;1H/t11-;/m1./s1. The third kappa shape index (κ3) is 4.15. The first-order valence-corrected chi connectivity index (χ1v) is 6.66. The molecule has 0 aliphatic heterocycles. The largest absolute Gasteiger partial charge is 0.416 e. The van der Waals surface area contributed by atoms with Crippen molar-refractivity contribution in [3.05, 3.63) is 57.0 Å². The summed E-state index contributed by atoms with van der Waals surface area (Å²) in [4.78, 5) is 0.212. The Morgan fingerprint density at radius 1 is 1.00 bits per heavy atom. The Labute approximate surface area is 136 Å². The van der Waals surface area contributed by atoms with Crippen LogP contribution in [0.1, 0.15) is 27.6 Å². The molecule has 1 atom stereocenters. The third-order valence-electron chi connectivity index (χ3n) is 2.92. The molecular formula is C13H9ClF7NS. The van der Waals surface area contributed by atoms with Crippen LogP contribution in [-0.2, 0) is 12.4 Å². The number of halogens is 8. The van der Waals surface area contributed by atoms with E-state index < -0.39 is 40.9 Å². The molecule has 1 nitrogen and oxygen atoms in total. The average Bonchev–Trinajstić information content (AvgIpc) is 2.88. The van der Waals surface area contributed by atoms with E-state index in [1.807, 2.05) is 0 Å². The van der Waals surface area contributed by atoms with Gasteiger partial charge >= 0.3 is 12.4 Å². The maximum absolute atomic E-state index is 13.9. The van der Waals surface area contributed by atoms with Crippen LogP contribution >= 0.6 is 23.7 Å². The van der Waals surface area contributed by atoms with E-state index in [9.17, 15) is 30.7 Å². The molecular weight excluding hydrogens is 371 g/mol. The van der Waals surface area contributed by atoms with Crippen molar-refractivity contribution in [2.24, 2.45) is 5.73 Å². The Kier molecular flexibility index (Phi) is 5.71. The van der Waals surface area contributed by atoms with Crippen LogP contribution < -0.4 is 5.73 Å².